The number of carbonyl (C=O) groups excluding carboxylic acids is 1. The molecule has 272 valence electrons. The van der Waals surface area contributed by atoms with Crippen molar-refractivity contribution < 1.29 is 32.0 Å². The van der Waals surface area contributed by atoms with E-state index in [4.69, 9.17) is 24.5 Å². The van der Waals surface area contributed by atoms with Crippen molar-refractivity contribution in [2.45, 2.75) is 32.7 Å². The average molecular weight is 727 g/mol. The molecule has 3 N–H and O–H groups in total. The molecule has 1 aliphatic heterocycles. The summed E-state index contributed by atoms with van der Waals surface area (Å²) in [7, 11) is -0.479. The molecule has 0 bridgehead atoms. The zero-order valence-corrected chi connectivity index (χ0v) is 30.4. The summed E-state index contributed by atoms with van der Waals surface area (Å²) in [6.07, 6.45) is 9.57. The first-order valence-electron chi connectivity index (χ1n) is 16.6. The van der Waals surface area contributed by atoms with Crippen LogP contribution in [0.2, 0.25) is 0 Å². The van der Waals surface area contributed by atoms with E-state index in [0.29, 0.717) is 52.9 Å². The Bertz CT molecular complexity index is 2190. The maximum Gasteiger partial charge on any atom is 0.261 e. The first kappa shape index (κ1) is 37.9. The number of hydrogen-bond acceptors (Lipinski definition) is 10. The van der Waals surface area contributed by atoms with Gasteiger partial charge >= 0.3 is 0 Å². The van der Waals surface area contributed by atoms with E-state index in [-0.39, 0.29) is 23.2 Å². The van der Waals surface area contributed by atoms with Gasteiger partial charge in [-0.2, -0.15) is 8.42 Å². The molecule has 13 heteroatoms. The van der Waals surface area contributed by atoms with Crippen LogP contribution in [0.4, 0.5) is 5.82 Å². The van der Waals surface area contributed by atoms with Gasteiger partial charge in [0, 0.05) is 72.5 Å². The van der Waals surface area contributed by atoms with Gasteiger partial charge in [0.05, 0.1) is 32.5 Å². The van der Waals surface area contributed by atoms with E-state index < -0.39 is 10.1 Å². The van der Waals surface area contributed by atoms with Gasteiger partial charge in [0.25, 0.3) is 10.1 Å². The Balaban J connectivity index is 0.000000979. The van der Waals surface area contributed by atoms with E-state index in [2.05, 4.69) is 9.97 Å². The third kappa shape index (κ3) is 9.90. The van der Waals surface area contributed by atoms with Crippen LogP contribution in [0, 0.1) is 12.8 Å². The van der Waals surface area contributed by atoms with Crippen molar-refractivity contribution in [2.75, 3.05) is 39.4 Å². The van der Waals surface area contributed by atoms with Gasteiger partial charge in [0.2, 0.25) is 0 Å². The third-order valence-corrected chi connectivity index (χ3v) is 8.66. The maximum absolute atomic E-state index is 13.7. The molecule has 4 heterocycles. The van der Waals surface area contributed by atoms with Gasteiger partial charge in [0.15, 0.2) is 22.7 Å². The normalized spacial score (nSPS) is 13.2. The SMILES string of the molecule is COc1ccc(-c2cnc(N)c(-c3ccc(CC(=O)c4cn(CC5CCOCC5)cc(-c5ccc(C)cc5)c4=O)nc3)c2)cc1OC.CS(=O)(=O)O. The van der Waals surface area contributed by atoms with Crippen LogP contribution >= 0.6 is 0 Å². The number of nitrogens with two attached hydrogens (primary N) is 1. The second kappa shape index (κ2) is 16.8. The molecular formula is C39H42N4O8S. The molecule has 0 atom stereocenters. The van der Waals surface area contributed by atoms with Crippen molar-refractivity contribution in [3.8, 4) is 44.9 Å². The van der Waals surface area contributed by atoms with Gasteiger partial charge in [-0.05, 0) is 61.1 Å². The van der Waals surface area contributed by atoms with Gasteiger partial charge in [0.1, 0.15) is 5.82 Å². The number of pyridine rings is 3. The lowest BCUT2D eigenvalue weighted by Crippen LogP contribution is -2.25. The minimum Gasteiger partial charge on any atom is -0.493 e. The molecule has 0 saturated carbocycles. The van der Waals surface area contributed by atoms with Gasteiger partial charge in [-0.25, -0.2) is 4.98 Å². The summed E-state index contributed by atoms with van der Waals surface area (Å²) in [6, 6.07) is 19.1. The van der Waals surface area contributed by atoms with Crippen molar-refractivity contribution in [3.63, 3.8) is 0 Å². The highest BCUT2D eigenvalue weighted by atomic mass is 32.2. The zero-order valence-electron chi connectivity index (χ0n) is 29.5. The monoisotopic (exact) mass is 726 g/mol. The van der Waals surface area contributed by atoms with E-state index in [9.17, 15) is 18.0 Å². The topological polar surface area (TPSA) is 173 Å². The summed E-state index contributed by atoms with van der Waals surface area (Å²) in [6.45, 7) is 4.18. The Morgan fingerprint density at radius 1 is 0.885 bits per heavy atom. The minimum atomic E-state index is -3.67. The lowest BCUT2D eigenvalue weighted by molar-refractivity contribution is 0.0612. The van der Waals surface area contributed by atoms with Crippen LogP contribution in [0.5, 0.6) is 11.5 Å². The zero-order chi connectivity index (χ0) is 37.4. The molecular weight excluding hydrogens is 685 g/mol. The second-order valence-corrected chi connectivity index (χ2v) is 14.1. The molecule has 0 amide bonds. The number of nitrogens with zero attached hydrogens (tertiary/aromatic N) is 3. The summed E-state index contributed by atoms with van der Waals surface area (Å²) in [5.41, 5.74) is 12.3. The second-order valence-electron chi connectivity index (χ2n) is 12.6. The van der Waals surface area contributed by atoms with Crippen LogP contribution in [0.1, 0.15) is 34.5 Å². The van der Waals surface area contributed by atoms with Crippen LogP contribution in [-0.2, 0) is 27.8 Å². The number of ketones is 1. The van der Waals surface area contributed by atoms with Gasteiger partial charge < -0.3 is 24.5 Å². The number of benzene rings is 2. The quantitative estimate of drug-likeness (QED) is 0.130. The smallest absolute Gasteiger partial charge is 0.261 e. The number of methoxy groups -OCH3 is 2. The molecule has 0 radical (unpaired) electrons. The van der Waals surface area contributed by atoms with Crippen LogP contribution < -0.4 is 20.6 Å². The van der Waals surface area contributed by atoms with E-state index >= 15 is 0 Å². The lowest BCUT2D eigenvalue weighted by Gasteiger charge is -2.23. The van der Waals surface area contributed by atoms with Crippen LogP contribution in [0.25, 0.3) is 33.4 Å². The first-order chi connectivity index (χ1) is 24.8. The number of rotatable bonds is 10. The molecule has 52 heavy (non-hydrogen) atoms. The Labute approximate surface area is 303 Å². The Morgan fingerprint density at radius 3 is 2.15 bits per heavy atom. The number of aromatic nitrogens is 3. The molecule has 0 spiro atoms. The van der Waals surface area contributed by atoms with E-state index in [1.54, 1.807) is 38.9 Å². The number of Topliss-reactive ketones (excluding diaryl/α,β-unsaturated/α-hetero) is 1. The third-order valence-electron chi connectivity index (χ3n) is 8.66. The molecule has 0 unspecified atom stereocenters. The highest BCUT2D eigenvalue weighted by Crippen LogP contribution is 2.35. The first-order valence-corrected chi connectivity index (χ1v) is 18.5. The Kier molecular flexibility index (Phi) is 12.2. The summed E-state index contributed by atoms with van der Waals surface area (Å²) < 4.78 is 44.2. The molecule has 1 fully saturated rings. The number of anilines is 1. The summed E-state index contributed by atoms with van der Waals surface area (Å²) >= 11 is 0. The summed E-state index contributed by atoms with van der Waals surface area (Å²) in [4.78, 5) is 36.4. The van der Waals surface area contributed by atoms with Gasteiger partial charge in [-0.1, -0.05) is 42.0 Å². The average Bonchev–Trinajstić information content (AvgIpc) is 3.12. The number of hydrogen-bond donors (Lipinski definition) is 2. The maximum atomic E-state index is 13.7. The number of carbonyl (C=O) groups is 1. The largest absolute Gasteiger partial charge is 0.493 e. The number of nitrogen functional groups attached to an aromatic ring is 1. The summed E-state index contributed by atoms with van der Waals surface area (Å²) in [5.74, 6) is 1.74. The molecule has 3 aromatic heterocycles. The molecule has 6 rings (SSSR count). The van der Waals surface area contributed by atoms with Gasteiger partial charge in [-0.15, -0.1) is 0 Å². The van der Waals surface area contributed by atoms with Crippen molar-refractivity contribution in [1.82, 2.24) is 14.5 Å². The molecule has 0 aliphatic carbocycles. The van der Waals surface area contributed by atoms with E-state index in [0.717, 1.165) is 53.9 Å². The van der Waals surface area contributed by atoms with Crippen LogP contribution in [0.3, 0.4) is 0 Å². The molecule has 1 aliphatic rings. The Hall–Kier alpha value is -5.37. The summed E-state index contributed by atoms with van der Waals surface area (Å²) in [5, 5.41) is 0. The predicted molar refractivity (Wildman–Crippen MR) is 200 cm³/mol. The van der Waals surface area contributed by atoms with Gasteiger partial charge in [-0.3, -0.25) is 19.1 Å². The van der Waals surface area contributed by atoms with Crippen LogP contribution in [0.15, 0.2) is 90.2 Å². The molecule has 1 saturated heterocycles. The number of ether oxygens (including phenoxy) is 3. The molecule has 2 aromatic carbocycles. The Morgan fingerprint density at radius 2 is 1.52 bits per heavy atom. The number of aryl methyl sites for hydroxylation is 1. The molecule has 12 nitrogen and oxygen atoms in total. The van der Waals surface area contributed by atoms with Crippen molar-refractivity contribution in [1.29, 1.82) is 0 Å². The predicted octanol–water partition coefficient (Wildman–Crippen LogP) is 5.90. The van der Waals surface area contributed by atoms with Crippen molar-refractivity contribution >= 4 is 21.7 Å². The fraction of sp³-hybridized carbons (Fsp3) is 0.282. The van der Waals surface area contributed by atoms with Crippen molar-refractivity contribution in [3.05, 3.63) is 112 Å². The van der Waals surface area contributed by atoms with E-state index in [1.807, 2.05) is 72.3 Å². The fourth-order valence-electron chi connectivity index (χ4n) is 5.93. The molecule has 5 aromatic rings. The lowest BCUT2D eigenvalue weighted by atomic mass is 9.98. The highest BCUT2D eigenvalue weighted by Gasteiger charge is 2.20. The van der Waals surface area contributed by atoms with Crippen LogP contribution in [-0.4, -0.2) is 67.0 Å². The highest BCUT2D eigenvalue weighted by molar-refractivity contribution is 7.85. The fourth-order valence-corrected chi connectivity index (χ4v) is 5.93. The van der Waals surface area contributed by atoms with Crippen molar-refractivity contribution in [2.24, 2.45) is 5.92 Å². The minimum absolute atomic E-state index is 0.0104. The van der Waals surface area contributed by atoms with E-state index in [1.165, 1.54) is 0 Å². The standard InChI is InChI=1S/C38H38N4O5.CH4O3S/c1-24-4-6-26(7-5-24)32-22-42(21-25-12-14-47-15-13-25)23-33(37(32)44)34(43)18-30-10-8-28(19-40-30)31-16-29(20-41-38(31)39)27-9-11-35(45-2)36(17-27)46-3;1-5(2,3)4/h4-11,16-17,19-20,22-23,25H,12-15,18,21H2,1-3H3,(H2,39,41);1H3,(H,2,3,4).